The highest BCUT2D eigenvalue weighted by Gasteiger charge is 2.47. The molecule has 7 heteroatoms. The van der Waals surface area contributed by atoms with Crippen LogP contribution in [0.4, 0.5) is 4.32 Å². The molecule has 0 fully saturated rings. The molecule has 0 spiro atoms. The first kappa shape index (κ1) is 18.9. The Bertz CT molecular complexity index is 1080. The summed E-state index contributed by atoms with van der Waals surface area (Å²) < 4.78 is 18.7. The van der Waals surface area contributed by atoms with Gasteiger partial charge in [-0.05, 0) is 24.1 Å². The maximum atomic E-state index is 15.5. The minimum atomic E-state index is -1.37. The zero-order chi connectivity index (χ0) is 20.2. The van der Waals surface area contributed by atoms with Crippen LogP contribution in [-0.2, 0) is 11.2 Å². The van der Waals surface area contributed by atoms with E-state index in [0.29, 0.717) is 6.42 Å². The third kappa shape index (κ3) is 3.91. The van der Waals surface area contributed by atoms with E-state index >= 15 is 4.32 Å². The number of allylic oxidation sites excluding steroid dienone is 5. The molecule has 0 saturated heterocycles. The van der Waals surface area contributed by atoms with Crippen molar-refractivity contribution < 1.29 is 13.6 Å². The number of amides is 1. The summed E-state index contributed by atoms with van der Waals surface area (Å²) in [6, 6.07) is 13.7. The Labute approximate surface area is 169 Å². The lowest BCUT2D eigenvalue weighted by Gasteiger charge is -2.15. The van der Waals surface area contributed by atoms with Gasteiger partial charge in [0.05, 0.1) is 0 Å². The molecular weight excluding hydrogens is 366 g/mol. The van der Waals surface area contributed by atoms with Gasteiger partial charge in [0.1, 0.15) is 0 Å². The number of nitrogens with zero attached hydrogens (tertiary/aromatic N) is 2. The van der Waals surface area contributed by atoms with Crippen LogP contribution in [0.25, 0.3) is 12.2 Å². The molecule has 0 aliphatic carbocycles. The number of aromatic nitrogens is 1. The van der Waals surface area contributed by atoms with Crippen LogP contribution in [0.5, 0.6) is 0 Å². The monoisotopic (exact) mass is 387 g/mol. The molecule has 29 heavy (non-hydrogen) atoms. The summed E-state index contributed by atoms with van der Waals surface area (Å²) in [4.78, 5) is 11.4. The lowest BCUT2D eigenvalue weighted by Crippen LogP contribution is -2.39. The molecule has 1 aromatic carbocycles. The molecule has 3 heterocycles. The number of benzene rings is 1. The average molecular weight is 387 g/mol. The molecule has 2 aromatic rings. The highest BCUT2D eigenvalue weighted by atomic mass is 19.1. The fourth-order valence-corrected chi connectivity index (χ4v) is 3.53. The van der Waals surface area contributed by atoms with Gasteiger partial charge in [-0.2, -0.15) is 0 Å². The first-order chi connectivity index (χ1) is 14.2. The van der Waals surface area contributed by atoms with Crippen molar-refractivity contribution in [1.82, 2.24) is 9.90 Å². The van der Waals surface area contributed by atoms with Crippen LogP contribution in [0, 0.1) is 0 Å². The van der Waals surface area contributed by atoms with E-state index in [1.165, 1.54) is 0 Å². The number of hydrogen-bond donors (Lipinski definition) is 2. The quantitative estimate of drug-likeness (QED) is 0.263. The number of carbonyl (C=O) groups excluding carboxylic acids is 1. The van der Waals surface area contributed by atoms with E-state index in [4.69, 9.17) is 5.84 Å². The van der Waals surface area contributed by atoms with Crippen molar-refractivity contribution >= 4 is 31.0 Å². The number of halogens is 1. The highest BCUT2D eigenvalue weighted by Crippen LogP contribution is 2.26. The predicted molar refractivity (Wildman–Crippen MR) is 114 cm³/mol. The van der Waals surface area contributed by atoms with Crippen LogP contribution in [0.2, 0.25) is 0 Å². The van der Waals surface area contributed by atoms with Gasteiger partial charge in [0.25, 0.3) is 0 Å². The van der Waals surface area contributed by atoms with Crippen LogP contribution < -0.4 is 11.3 Å². The maximum Gasteiger partial charge on any atom is 0.846 e. The Hall–Kier alpha value is -3.45. The van der Waals surface area contributed by atoms with Gasteiger partial charge in [-0.15, -0.1) is 0 Å². The van der Waals surface area contributed by atoms with Crippen molar-refractivity contribution in [3.63, 3.8) is 0 Å². The fraction of sp³-hybridized carbons (Fsp3) is 0.0909. The number of aryl methyl sites for hydroxylation is 1. The van der Waals surface area contributed by atoms with E-state index < -0.39 is 7.26 Å². The second kappa shape index (κ2) is 8.28. The molecule has 2 aliphatic heterocycles. The molecular formula is C22H21BFN4O+. The first-order valence-electron chi connectivity index (χ1n) is 9.47. The largest absolute Gasteiger partial charge is 0.846 e. The van der Waals surface area contributed by atoms with Crippen LogP contribution in [0.3, 0.4) is 0 Å². The van der Waals surface area contributed by atoms with E-state index in [1.807, 2.05) is 85.0 Å². The van der Waals surface area contributed by atoms with Crippen molar-refractivity contribution in [2.24, 2.45) is 5.84 Å². The van der Waals surface area contributed by atoms with Crippen LogP contribution in [-0.4, -0.2) is 27.8 Å². The van der Waals surface area contributed by atoms with E-state index in [2.05, 4.69) is 5.43 Å². The molecule has 3 N–H and O–H groups in total. The summed E-state index contributed by atoms with van der Waals surface area (Å²) in [5.74, 6) is 4.87. The van der Waals surface area contributed by atoms with E-state index in [-0.39, 0.29) is 12.3 Å². The standard InChI is InChI=1S/C22H20BFN4O/c24-23-27-18(9-5-4-8-17-6-2-1-3-7-17)10-12-20(27)16-21-13-11-19(28(21)23)14-15-22(29)26-25/h1-13,16H,14-15,25H2/p+1/b8-4+,9-5+. The van der Waals surface area contributed by atoms with Gasteiger partial charge in [0.2, 0.25) is 5.91 Å². The van der Waals surface area contributed by atoms with Crippen LogP contribution in [0.15, 0.2) is 78.5 Å². The highest BCUT2D eigenvalue weighted by molar-refractivity contribution is 6.43. The summed E-state index contributed by atoms with van der Waals surface area (Å²) in [7, 11) is -1.37. The smallest absolute Gasteiger partial charge is 0.294 e. The van der Waals surface area contributed by atoms with Crippen molar-refractivity contribution in [2.45, 2.75) is 12.8 Å². The molecule has 1 amide bonds. The molecule has 1 aromatic heterocycles. The summed E-state index contributed by atoms with van der Waals surface area (Å²) in [6.07, 6.45) is 14.1. The second-order valence-corrected chi connectivity index (χ2v) is 6.82. The van der Waals surface area contributed by atoms with E-state index in [9.17, 15) is 4.79 Å². The Kier molecular flexibility index (Phi) is 5.40. The van der Waals surface area contributed by atoms with Gasteiger partial charge >= 0.3 is 7.26 Å². The Morgan fingerprint density at radius 2 is 1.93 bits per heavy atom. The normalized spacial score (nSPS) is 15.2. The summed E-state index contributed by atoms with van der Waals surface area (Å²) in [5.41, 5.74) is 6.33. The number of rotatable bonds is 6. The summed E-state index contributed by atoms with van der Waals surface area (Å²) >= 11 is 0. The zero-order valence-electron chi connectivity index (χ0n) is 15.8. The summed E-state index contributed by atoms with van der Waals surface area (Å²) in [5, 5.41) is 0. The topological polar surface area (TPSA) is 63.1 Å². The lowest BCUT2D eigenvalue weighted by atomic mass is 9.96. The third-order valence-electron chi connectivity index (χ3n) is 4.97. The number of fused-ring (bicyclic) bond motifs is 2. The third-order valence-corrected chi connectivity index (χ3v) is 4.97. The molecule has 0 saturated carbocycles. The van der Waals surface area contributed by atoms with E-state index in [0.717, 1.165) is 28.4 Å². The molecule has 0 radical (unpaired) electrons. The Morgan fingerprint density at radius 3 is 2.72 bits per heavy atom. The van der Waals surface area contributed by atoms with E-state index in [1.54, 1.807) is 8.96 Å². The molecule has 0 bridgehead atoms. The second-order valence-electron chi connectivity index (χ2n) is 6.82. The minimum absolute atomic E-state index is 0.211. The van der Waals surface area contributed by atoms with Gasteiger partial charge < -0.3 is 0 Å². The minimum Gasteiger partial charge on any atom is -0.294 e. The number of nitrogens with two attached hydrogens (primary N) is 1. The van der Waals surface area contributed by atoms with Crippen molar-refractivity contribution in [3.8, 4) is 0 Å². The molecule has 144 valence electrons. The molecule has 5 nitrogen and oxygen atoms in total. The first-order valence-corrected chi connectivity index (χ1v) is 9.47. The van der Waals surface area contributed by atoms with Gasteiger partial charge in [0.15, 0.2) is 11.4 Å². The van der Waals surface area contributed by atoms with Crippen molar-refractivity contribution in [3.05, 3.63) is 95.5 Å². The lowest BCUT2D eigenvalue weighted by molar-refractivity contribution is -0.333. The van der Waals surface area contributed by atoms with Gasteiger partial charge in [-0.1, -0.05) is 48.6 Å². The SMILES string of the molecule is NNC(=O)CCc1ccc2n1B(F)[N+]1=C(/C=C/C=C/c3ccccc3)C=CC1=C2. The van der Waals surface area contributed by atoms with Gasteiger partial charge in [-0.25, -0.2) is 14.6 Å². The molecule has 4 rings (SSSR count). The Morgan fingerprint density at radius 1 is 1.14 bits per heavy atom. The molecule has 0 atom stereocenters. The molecule has 0 unspecified atom stereocenters. The zero-order valence-corrected chi connectivity index (χ0v) is 15.8. The maximum absolute atomic E-state index is 15.5. The van der Waals surface area contributed by atoms with Gasteiger partial charge in [-0.3, -0.25) is 14.7 Å². The van der Waals surface area contributed by atoms with Gasteiger partial charge in [0, 0.05) is 42.1 Å². The predicted octanol–water partition coefficient (Wildman–Crippen LogP) is 2.86. The fourth-order valence-electron chi connectivity index (χ4n) is 3.53. The number of carbonyl (C=O) groups is 1. The number of hydrazine groups is 1. The Balaban J connectivity index is 1.56. The average Bonchev–Trinajstić information content (AvgIpc) is 3.35. The number of nitrogens with one attached hydrogen (secondary N) is 1. The summed E-state index contributed by atoms with van der Waals surface area (Å²) in [6.45, 7) is 0. The van der Waals surface area contributed by atoms with Crippen molar-refractivity contribution in [2.75, 3.05) is 0 Å². The van der Waals surface area contributed by atoms with Crippen molar-refractivity contribution in [1.29, 1.82) is 0 Å². The molecule has 2 aliphatic rings. The van der Waals surface area contributed by atoms with Crippen LogP contribution in [0.1, 0.15) is 23.4 Å². The van der Waals surface area contributed by atoms with Crippen LogP contribution >= 0.6 is 0 Å². The number of hydrogen-bond acceptors (Lipinski definition) is 2.